The van der Waals surface area contributed by atoms with Gasteiger partial charge in [0, 0.05) is 5.56 Å². The van der Waals surface area contributed by atoms with Crippen LogP contribution in [0.25, 0.3) is 11.4 Å². The Morgan fingerprint density at radius 2 is 2.05 bits per heavy atom. The van der Waals surface area contributed by atoms with Gasteiger partial charge >= 0.3 is 5.97 Å². The molecule has 6 nitrogen and oxygen atoms in total. The molecule has 1 aromatic heterocycles. The second kappa shape index (κ2) is 4.93. The fourth-order valence-electron chi connectivity index (χ4n) is 1.67. The van der Waals surface area contributed by atoms with Crippen molar-refractivity contribution in [2.75, 3.05) is 7.11 Å². The van der Waals surface area contributed by atoms with Crippen molar-refractivity contribution in [1.82, 2.24) is 9.97 Å². The van der Waals surface area contributed by atoms with Crippen molar-refractivity contribution < 1.29 is 14.6 Å². The van der Waals surface area contributed by atoms with Crippen LogP contribution in [0.3, 0.4) is 0 Å². The summed E-state index contributed by atoms with van der Waals surface area (Å²) in [5.41, 5.74) is 0.370. The van der Waals surface area contributed by atoms with E-state index in [1.54, 1.807) is 12.1 Å². The van der Waals surface area contributed by atoms with Gasteiger partial charge in [-0.1, -0.05) is 24.3 Å². The number of aromatic nitrogens is 2. The lowest BCUT2D eigenvalue weighted by Gasteiger charge is -2.07. The van der Waals surface area contributed by atoms with Crippen LogP contribution in [0.2, 0.25) is 0 Å². The molecule has 0 saturated heterocycles. The Balaban J connectivity index is 2.67. The van der Waals surface area contributed by atoms with Crippen LogP contribution in [0.15, 0.2) is 29.1 Å². The number of aromatic amines is 1. The van der Waals surface area contributed by atoms with Crippen LogP contribution >= 0.6 is 0 Å². The Labute approximate surface area is 108 Å². The summed E-state index contributed by atoms with van der Waals surface area (Å²) in [6.45, 7) is 1.85. The third-order valence-electron chi connectivity index (χ3n) is 2.67. The van der Waals surface area contributed by atoms with Crippen LogP contribution in [0.1, 0.15) is 16.1 Å². The predicted octanol–water partition coefficient (Wildman–Crippen LogP) is 1.24. The van der Waals surface area contributed by atoms with Crippen LogP contribution in [-0.4, -0.2) is 28.2 Å². The van der Waals surface area contributed by atoms with Gasteiger partial charge in [-0.05, 0) is 12.5 Å². The monoisotopic (exact) mass is 260 g/mol. The molecule has 0 bridgehead atoms. The number of hydrogen-bond donors (Lipinski definition) is 2. The molecule has 0 radical (unpaired) electrons. The molecule has 0 amide bonds. The molecule has 98 valence electrons. The summed E-state index contributed by atoms with van der Waals surface area (Å²) in [5, 5.41) is 9.53. The highest BCUT2D eigenvalue weighted by atomic mass is 16.5. The minimum absolute atomic E-state index is 0.210. The average Bonchev–Trinajstić information content (AvgIpc) is 2.41. The molecule has 1 heterocycles. The Hall–Kier alpha value is -2.63. The van der Waals surface area contributed by atoms with E-state index in [0.29, 0.717) is 5.56 Å². The highest BCUT2D eigenvalue weighted by Crippen LogP contribution is 2.20. The molecule has 0 aliphatic heterocycles. The maximum Gasteiger partial charge on any atom is 0.360 e. The number of ether oxygens (including phenoxy) is 1. The van der Waals surface area contributed by atoms with Gasteiger partial charge in [-0.2, -0.15) is 0 Å². The van der Waals surface area contributed by atoms with Crippen molar-refractivity contribution in [3.05, 3.63) is 45.9 Å². The highest BCUT2D eigenvalue weighted by molar-refractivity contribution is 5.90. The fraction of sp³-hybridized carbons (Fsp3) is 0.154. The van der Waals surface area contributed by atoms with Crippen molar-refractivity contribution in [3.63, 3.8) is 0 Å². The predicted molar refractivity (Wildman–Crippen MR) is 68.0 cm³/mol. The highest BCUT2D eigenvalue weighted by Gasteiger charge is 2.19. The number of rotatable bonds is 2. The van der Waals surface area contributed by atoms with Crippen molar-refractivity contribution in [1.29, 1.82) is 0 Å². The molecule has 0 fully saturated rings. The Morgan fingerprint density at radius 3 is 2.68 bits per heavy atom. The molecule has 0 aliphatic carbocycles. The van der Waals surface area contributed by atoms with Gasteiger partial charge < -0.3 is 14.8 Å². The third kappa shape index (κ3) is 2.33. The minimum Gasteiger partial charge on any atom is -0.501 e. The van der Waals surface area contributed by atoms with E-state index >= 15 is 0 Å². The maximum absolute atomic E-state index is 11.6. The molecule has 0 unspecified atom stereocenters. The molecule has 6 heteroatoms. The second-order valence-electron chi connectivity index (χ2n) is 3.92. The summed E-state index contributed by atoms with van der Waals surface area (Å²) in [6.07, 6.45) is 0. The van der Waals surface area contributed by atoms with Crippen molar-refractivity contribution in [2.45, 2.75) is 6.92 Å². The first-order valence-corrected chi connectivity index (χ1v) is 5.52. The summed E-state index contributed by atoms with van der Waals surface area (Å²) in [6, 6.07) is 7.23. The zero-order chi connectivity index (χ0) is 14.0. The lowest BCUT2D eigenvalue weighted by molar-refractivity contribution is 0.0590. The molecular weight excluding hydrogens is 248 g/mol. The number of benzene rings is 1. The van der Waals surface area contributed by atoms with E-state index in [1.807, 2.05) is 19.1 Å². The number of methoxy groups -OCH3 is 1. The third-order valence-corrected chi connectivity index (χ3v) is 2.67. The van der Waals surface area contributed by atoms with E-state index in [2.05, 4.69) is 14.7 Å². The fourth-order valence-corrected chi connectivity index (χ4v) is 1.67. The summed E-state index contributed by atoms with van der Waals surface area (Å²) in [5.74, 6) is -1.40. The normalized spacial score (nSPS) is 10.2. The number of aromatic hydroxyl groups is 1. The lowest BCUT2D eigenvalue weighted by atomic mass is 10.1. The summed E-state index contributed by atoms with van der Waals surface area (Å²) < 4.78 is 4.48. The molecule has 1 aromatic carbocycles. The van der Waals surface area contributed by atoms with Gasteiger partial charge in [-0.3, -0.25) is 4.79 Å². The molecule has 2 aromatic rings. The summed E-state index contributed by atoms with van der Waals surface area (Å²) >= 11 is 0. The van der Waals surface area contributed by atoms with Crippen molar-refractivity contribution in [3.8, 4) is 17.1 Å². The number of carbonyl (C=O) groups excluding carboxylic acids is 1. The number of H-pyrrole nitrogens is 1. The molecule has 2 N–H and O–H groups in total. The van der Waals surface area contributed by atoms with E-state index in [0.717, 1.165) is 12.7 Å². The second-order valence-corrected chi connectivity index (χ2v) is 3.92. The number of nitrogens with zero attached hydrogens (tertiary/aromatic N) is 1. The van der Waals surface area contributed by atoms with E-state index in [4.69, 9.17) is 0 Å². The van der Waals surface area contributed by atoms with Gasteiger partial charge in [0.15, 0.2) is 5.69 Å². The zero-order valence-corrected chi connectivity index (χ0v) is 10.4. The largest absolute Gasteiger partial charge is 0.501 e. The SMILES string of the molecule is COC(=O)c1nc(-c2ccccc2C)[nH]c(=O)c1O. The van der Waals surface area contributed by atoms with Crippen LogP contribution in [0.4, 0.5) is 0 Å². The summed E-state index contributed by atoms with van der Waals surface area (Å²) in [4.78, 5) is 29.5. The Bertz CT molecular complexity index is 691. The molecule has 0 aliphatic rings. The first-order chi connectivity index (χ1) is 9.04. The zero-order valence-electron chi connectivity index (χ0n) is 10.4. The van der Waals surface area contributed by atoms with Crippen molar-refractivity contribution >= 4 is 5.97 Å². The standard InChI is InChI=1S/C13H12N2O4/c1-7-5-3-4-6-8(7)11-14-9(13(18)19-2)10(16)12(17)15-11/h3-6,16H,1-2H3,(H,14,15,17). The minimum atomic E-state index is -0.863. The van der Waals surface area contributed by atoms with Crippen LogP contribution in [-0.2, 0) is 4.74 Å². The average molecular weight is 260 g/mol. The number of esters is 1. The number of carbonyl (C=O) groups is 1. The first kappa shape index (κ1) is 12.8. The first-order valence-electron chi connectivity index (χ1n) is 5.52. The molecular formula is C13H12N2O4. The molecule has 0 spiro atoms. The van der Waals surface area contributed by atoms with Gasteiger partial charge in [0.1, 0.15) is 5.82 Å². The quantitative estimate of drug-likeness (QED) is 0.792. The topological polar surface area (TPSA) is 92.3 Å². The molecule has 0 atom stereocenters. The van der Waals surface area contributed by atoms with Gasteiger partial charge in [0.25, 0.3) is 5.56 Å². The maximum atomic E-state index is 11.6. The number of aryl methyl sites for hydroxylation is 1. The van der Waals surface area contributed by atoms with E-state index in [9.17, 15) is 14.7 Å². The van der Waals surface area contributed by atoms with Crippen LogP contribution in [0.5, 0.6) is 5.75 Å². The van der Waals surface area contributed by atoms with Crippen LogP contribution < -0.4 is 5.56 Å². The van der Waals surface area contributed by atoms with E-state index in [-0.39, 0.29) is 5.82 Å². The van der Waals surface area contributed by atoms with Gasteiger partial charge in [-0.25, -0.2) is 9.78 Å². The van der Waals surface area contributed by atoms with Gasteiger partial charge in [0.2, 0.25) is 5.75 Å². The van der Waals surface area contributed by atoms with Gasteiger partial charge in [0.05, 0.1) is 7.11 Å². The smallest absolute Gasteiger partial charge is 0.360 e. The number of hydrogen-bond acceptors (Lipinski definition) is 5. The summed E-state index contributed by atoms with van der Waals surface area (Å²) in [7, 11) is 1.15. The molecule has 2 rings (SSSR count). The Morgan fingerprint density at radius 1 is 1.37 bits per heavy atom. The molecule has 0 saturated carbocycles. The lowest BCUT2D eigenvalue weighted by Crippen LogP contribution is -2.16. The number of nitrogens with one attached hydrogen (secondary N) is 1. The van der Waals surface area contributed by atoms with Gasteiger partial charge in [-0.15, -0.1) is 0 Å². The van der Waals surface area contributed by atoms with E-state index in [1.165, 1.54) is 0 Å². The Kier molecular flexibility index (Phi) is 3.33. The van der Waals surface area contributed by atoms with E-state index < -0.39 is 23.0 Å². The van der Waals surface area contributed by atoms with Crippen molar-refractivity contribution in [2.24, 2.45) is 0 Å². The van der Waals surface area contributed by atoms with Crippen LogP contribution in [0, 0.1) is 6.92 Å². The molecule has 19 heavy (non-hydrogen) atoms.